The van der Waals surface area contributed by atoms with Gasteiger partial charge in [0.1, 0.15) is 0 Å². The third-order valence-corrected chi connectivity index (χ3v) is 7.10. The maximum absolute atomic E-state index is 6.35. The van der Waals surface area contributed by atoms with Crippen LogP contribution in [0.15, 0.2) is 24.3 Å². The van der Waals surface area contributed by atoms with Gasteiger partial charge in [0.15, 0.2) is 25.2 Å². The minimum atomic E-state index is -0.479. The molecular weight excluding hydrogens is 520 g/mol. The van der Waals surface area contributed by atoms with Crippen molar-refractivity contribution >= 4 is 0 Å². The molecule has 0 spiro atoms. The number of ether oxygens (including phenoxy) is 7. The summed E-state index contributed by atoms with van der Waals surface area (Å²) in [5, 5.41) is 0. The Morgan fingerprint density at radius 1 is 0.463 bits per heavy atom. The molecule has 0 fully saturated rings. The van der Waals surface area contributed by atoms with Gasteiger partial charge in [-0.1, -0.05) is 103 Å². The minimum Gasteiger partial charge on any atom is -0.356 e. The maximum atomic E-state index is 6.35. The second-order valence-electron chi connectivity index (χ2n) is 10.7. The Morgan fingerprint density at radius 3 is 1.15 bits per heavy atom. The highest BCUT2D eigenvalue weighted by Gasteiger charge is 2.14. The molecule has 0 N–H and O–H groups in total. The van der Waals surface area contributed by atoms with Gasteiger partial charge < -0.3 is 33.2 Å². The van der Waals surface area contributed by atoms with Crippen LogP contribution in [0.3, 0.4) is 0 Å². The number of methoxy groups -OCH3 is 4. The highest BCUT2D eigenvalue weighted by Crippen LogP contribution is 2.14. The van der Waals surface area contributed by atoms with Crippen LogP contribution in [0, 0.1) is 0 Å². The van der Waals surface area contributed by atoms with E-state index in [1.165, 1.54) is 77.0 Å². The Balaban J connectivity index is 5.01. The molecule has 0 aliphatic heterocycles. The fourth-order valence-electron chi connectivity index (χ4n) is 4.47. The Hall–Kier alpha value is -0.800. The van der Waals surface area contributed by atoms with E-state index in [2.05, 4.69) is 26.0 Å². The molecule has 0 aliphatic rings. The Kier molecular flexibility index (Phi) is 31.5. The van der Waals surface area contributed by atoms with E-state index in [0.29, 0.717) is 13.2 Å². The topological polar surface area (TPSA) is 64.6 Å². The molecule has 7 nitrogen and oxygen atoms in total. The molecule has 0 rings (SSSR count). The fraction of sp³-hybridized carbons (Fsp3) is 0.882. The van der Waals surface area contributed by atoms with Crippen LogP contribution in [0.1, 0.15) is 129 Å². The van der Waals surface area contributed by atoms with E-state index in [4.69, 9.17) is 33.2 Å². The molecule has 0 heterocycles. The highest BCUT2D eigenvalue weighted by molar-refractivity contribution is 4.90. The van der Waals surface area contributed by atoms with Crippen molar-refractivity contribution in [3.8, 4) is 0 Å². The van der Waals surface area contributed by atoms with Gasteiger partial charge in [0.25, 0.3) is 0 Å². The largest absolute Gasteiger partial charge is 0.356 e. The lowest BCUT2D eigenvalue weighted by atomic mass is 10.1. The van der Waals surface area contributed by atoms with Crippen molar-refractivity contribution in [3.63, 3.8) is 0 Å². The molecule has 0 aromatic heterocycles. The third kappa shape index (κ3) is 26.6. The molecule has 0 aromatic carbocycles. The van der Waals surface area contributed by atoms with Gasteiger partial charge in [-0.25, -0.2) is 0 Å². The molecule has 0 aliphatic carbocycles. The first-order chi connectivity index (χ1) is 20.1. The van der Waals surface area contributed by atoms with Crippen molar-refractivity contribution in [2.24, 2.45) is 0 Å². The average Bonchev–Trinajstić information content (AvgIpc) is 2.99. The lowest BCUT2D eigenvalue weighted by Crippen LogP contribution is -2.25. The van der Waals surface area contributed by atoms with E-state index in [0.717, 1.165) is 38.5 Å². The molecule has 0 saturated heterocycles. The molecule has 244 valence electrons. The van der Waals surface area contributed by atoms with Crippen LogP contribution in [-0.2, 0) is 33.2 Å². The number of rotatable bonds is 32. The van der Waals surface area contributed by atoms with Crippen LogP contribution in [0.2, 0.25) is 0 Å². The van der Waals surface area contributed by atoms with Crippen molar-refractivity contribution in [3.05, 3.63) is 24.3 Å². The summed E-state index contributed by atoms with van der Waals surface area (Å²) >= 11 is 0. The maximum Gasteiger partial charge on any atom is 0.180 e. The molecule has 0 saturated carbocycles. The van der Waals surface area contributed by atoms with E-state index in [9.17, 15) is 0 Å². The predicted molar refractivity (Wildman–Crippen MR) is 169 cm³/mol. The van der Waals surface area contributed by atoms with Crippen LogP contribution in [-0.4, -0.2) is 66.8 Å². The van der Waals surface area contributed by atoms with Gasteiger partial charge in [-0.15, -0.1) is 0 Å². The summed E-state index contributed by atoms with van der Waals surface area (Å²) in [5.74, 6) is 0. The van der Waals surface area contributed by atoms with E-state index in [1.54, 1.807) is 28.4 Å². The van der Waals surface area contributed by atoms with Gasteiger partial charge >= 0.3 is 0 Å². The normalized spacial score (nSPS) is 13.9. The monoisotopic (exact) mass is 586 g/mol. The van der Waals surface area contributed by atoms with Gasteiger partial charge in [0, 0.05) is 41.3 Å². The number of allylic oxidation sites excluding steroid dienone is 2. The summed E-state index contributed by atoms with van der Waals surface area (Å²) in [6.07, 6.45) is 27.4. The zero-order valence-corrected chi connectivity index (χ0v) is 27.6. The van der Waals surface area contributed by atoms with Crippen LogP contribution in [0.5, 0.6) is 0 Å². The average molecular weight is 587 g/mol. The SMILES string of the molecule is CCCCCCCCCOC(C=CCCC(OC)OC)OC(C=CCCC(OC)OC)OCCCCCCCCC. The van der Waals surface area contributed by atoms with Gasteiger partial charge in [-0.2, -0.15) is 0 Å². The molecule has 0 radical (unpaired) electrons. The lowest BCUT2D eigenvalue weighted by Gasteiger charge is -2.22. The molecule has 41 heavy (non-hydrogen) atoms. The predicted octanol–water partition coefficient (Wildman–Crippen LogP) is 9.10. The summed E-state index contributed by atoms with van der Waals surface area (Å²) in [7, 11) is 6.65. The molecule has 0 aromatic rings. The molecule has 2 unspecified atom stereocenters. The van der Waals surface area contributed by atoms with Crippen molar-refractivity contribution < 1.29 is 33.2 Å². The standard InChI is InChI=1S/C34H66O7/c1-7-9-11-13-15-17-23-29-39-33(27-21-19-25-31(35-3)36-4)41-34(28-22-20-26-32(37-5)38-6)40-30-24-18-16-14-12-10-8-2/h21-22,27-28,31-34H,7-20,23-26,29-30H2,1-6H3. The Bertz CT molecular complexity index is 513. The first-order valence-corrected chi connectivity index (χ1v) is 16.5. The smallest absolute Gasteiger partial charge is 0.180 e. The second-order valence-corrected chi connectivity index (χ2v) is 10.7. The Labute approximate surface area is 253 Å². The zero-order valence-electron chi connectivity index (χ0n) is 27.6. The summed E-state index contributed by atoms with van der Waals surface area (Å²) in [6.45, 7) is 5.84. The Morgan fingerprint density at radius 2 is 0.805 bits per heavy atom. The van der Waals surface area contributed by atoms with Gasteiger partial charge in [0.05, 0.1) is 13.2 Å². The molecule has 2 atom stereocenters. The van der Waals surface area contributed by atoms with Crippen molar-refractivity contribution in [2.45, 2.75) is 155 Å². The van der Waals surface area contributed by atoms with Gasteiger partial charge in [0.2, 0.25) is 0 Å². The van der Waals surface area contributed by atoms with Crippen LogP contribution in [0.25, 0.3) is 0 Å². The molecule has 0 amide bonds. The highest BCUT2D eigenvalue weighted by atomic mass is 16.8. The van der Waals surface area contributed by atoms with E-state index in [-0.39, 0.29) is 12.6 Å². The van der Waals surface area contributed by atoms with E-state index in [1.807, 2.05) is 12.2 Å². The van der Waals surface area contributed by atoms with Gasteiger partial charge in [-0.3, -0.25) is 0 Å². The first kappa shape index (κ1) is 40.2. The van der Waals surface area contributed by atoms with Crippen LogP contribution in [0.4, 0.5) is 0 Å². The van der Waals surface area contributed by atoms with Crippen molar-refractivity contribution in [1.82, 2.24) is 0 Å². The third-order valence-electron chi connectivity index (χ3n) is 7.10. The number of hydrogen-bond acceptors (Lipinski definition) is 7. The first-order valence-electron chi connectivity index (χ1n) is 16.5. The minimum absolute atomic E-state index is 0.211. The zero-order chi connectivity index (χ0) is 30.2. The number of unbranched alkanes of at least 4 members (excludes halogenated alkanes) is 12. The molecular formula is C34H66O7. The van der Waals surface area contributed by atoms with Gasteiger partial charge in [-0.05, 0) is 37.8 Å². The van der Waals surface area contributed by atoms with Crippen LogP contribution < -0.4 is 0 Å². The van der Waals surface area contributed by atoms with Crippen molar-refractivity contribution in [2.75, 3.05) is 41.7 Å². The summed E-state index contributed by atoms with van der Waals surface area (Å²) in [4.78, 5) is 0. The second kappa shape index (κ2) is 32.1. The lowest BCUT2D eigenvalue weighted by molar-refractivity contribution is -0.208. The molecule has 7 heteroatoms. The van der Waals surface area contributed by atoms with E-state index >= 15 is 0 Å². The van der Waals surface area contributed by atoms with Crippen LogP contribution >= 0.6 is 0 Å². The summed E-state index contributed by atoms with van der Waals surface area (Å²) < 4.78 is 40.0. The fourth-order valence-corrected chi connectivity index (χ4v) is 4.47. The summed E-state index contributed by atoms with van der Waals surface area (Å²) in [5.41, 5.74) is 0. The quantitative estimate of drug-likeness (QED) is 0.0442. The summed E-state index contributed by atoms with van der Waals surface area (Å²) in [6, 6.07) is 0. The number of hydrogen-bond donors (Lipinski definition) is 0. The van der Waals surface area contributed by atoms with Crippen molar-refractivity contribution in [1.29, 1.82) is 0 Å². The molecule has 0 bridgehead atoms. The van der Waals surface area contributed by atoms with E-state index < -0.39 is 12.6 Å².